The number of nitrogens with zero attached hydrogens (tertiary/aromatic N) is 3. The number of imidazole rings is 1. The number of hydrogen-bond acceptors (Lipinski definition) is 5. The Labute approximate surface area is 123 Å². The highest BCUT2D eigenvalue weighted by Gasteiger charge is 2.24. The predicted octanol–water partition coefficient (Wildman–Crippen LogP) is 1.90. The van der Waals surface area contributed by atoms with Crippen LogP contribution in [0.2, 0.25) is 0 Å². The maximum atomic E-state index is 6.17. The summed E-state index contributed by atoms with van der Waals surface area (Å²) in [6, 6.07) is 0.187. The van der Waals surface area contributed by atoms with Crippen molar-refractivity contribution in [2.24, 2.45) is 5.73 Å². The van der Waals surface area contributed by atoms with E-state index in [0.717, 1.165) is 43.3 Å². The Morgan fingerprint density at radius 3 is 3.20 bits per heavy atom. The molecule has 1 aliphatic heterocycles. The molecular formula is C14H22N4OS. The van der Waals surface area contributed by atoms with E-state index in [9.17, 15) is 0 Å². The van der Waals surface area contributed by atoms with Crippen molar-refractivity contribution >= 4 is 22.1 Å². The standard InChI is InChI=1S/C14H22N4OS/c1-3-11(15)8-12-13(16-14-18(12)5-7-20-14)17-4-6-19-10(2)9-17/h5,7,10-11H,3-4,6,8-9,15H2,1-2H3. The smallest absolute Gasteiger partial charge is 0.195 e. The molecule has 0 amide bonds. The number of rotatable bonds is 4. The number of morpholine rings is 1. The number of nitrogens with two attached hydrogens (primary N) is 1. The Kier molecular flexibility index (Phi) is 3.96. The van der Waals surface area contributed by atoms with E-state index in [1.807, 2.05) is 0 Å². The SMILES string of the molecule is CCC(N)Cc1c(N2CCOC(C)C2)nc2sccn12. The van der Waals surface area contributed by atoms with Crippen LogP contribution in [0.3, 0.4) is 0 Å². The van der Waals surface area contributed by atoms with Gasteiger partial charge in [-0.2, -0.15) is 0 Å². The molecule has 0 saturated carbocycles. The molecule has 1 fully saturated rings. The molecule has 0 aliphatic carbocycles. The molecule has 0 bridgehead atoms. The quantitative estimate of drug-likeness (QED) is 0.936. The van der Waals surface area contributed by atoms with E-state index in [1.165, 1.54) is 5.69 Å². The van der Waals surface area contributed by atoms with Crippen LogP contribution in [-0.2, 0) is 11.2 Å². The van der Waals surface area contributed by atoms with E-state index in [0.29, 0.717) is 0 Å². The first-order valence-corrected chi connectivity index (χ1v) is 8.13. The van der Waals surface area contributed by atoms with E-state index in [4.69, 9.17) is 15.5 Å². The Balaban J connectivity index is 1.96. The van der Waals surface area contributed by atoms with E-state index in [2.05, 4.69) is 34.7 Å². The van der Waals surface area contributed by atoms with Gasteiger partial charge in [0.1, 0.15) is 0 Å². The van der Waals surface area contributed by atoms with Crippen molar-refractivity contribution in [1.29, 1.82) is 0 Å². The van der Waals surface area contributed by atoms with Gasteiger partial charge in [0.25, 0.3) is 0 Å². The van der Waals surface area contributed by atoms with Gasteiger partial charge in [0.2, 0.25) is 0 Å². The summed E-state index contributed by atoms with van der Waals surface area (Å²) in [7, 11) is 0. The highest BCUT2D eigenvalue weighted by Crippen LogP contribution is 2.27. The summed E-state index contributed by atoms with van der Waals surface area (Å²) in [5.41, 5.74) is 7.41. The van der Waals surface area contributed by atoms with E-state index in [1.54, 1.807) is 11.3 Å². The van der Waals surface area contributed by atoms with Crippen molar-refractivity contribution in [2.75, 3.05) is 24.6 Å². The lowest BCUT2D eigenvalue weighted by Gasteiger charge is -2.32. The molecule has 1 aliphatic rings. The Bertz CT molecular complexity index is 579. The number of thiazole rings is 1. The van der Waals surface area contributed by atoms with Crippen LogP contribution in [0, 0.1) is 0 Å². The van der Waals surface area contributed by atoms with Gasteiger partial charge < -0.3 is 15.4 Å². The van der Waals surface area contributed by atoms with Crippen LogP contribution in [0.1, 0.15) is 26.0 Å². The number of ether oxygens (including phenoxy) is 1. The predicted molar refractivity (Wildman–Crippen MR) is 82.7 cm³/mol. The fraction of sp³-hybridized carbons (Fsp3) is 0.643. The van der Waals surface area contributed by atoms with Gasteiger partial charge in [0.15, 0.2) is 10.8 Å². The molecule has 2 aromatic heterocycles. The first kappa shape index (κ1) is 13.9. The molecule has 110 valence electrons. The second-order valence-corrected chi connectivity index (χ2v) is 6.31. The fourth-order valence-corrected chi connectivity index (χ4v) is 3.40. The normalized spacial score (nSPS) is 21.6. The highest BCUT2D eigenvalue weighted by molar-refractivity contribution is 7.15. The molecule has 1 saturated heterocycles. The van der Waals surface area contributed by atoms with Gasteiger partial charge in [0, 0.05) is 37.1 Å². The maximum Gasteiger partial charge on any atom is 0.195 e. The molecule has 0 aromatic carbocycles. The third-order valence-corrected chi connectivity index (χ3v) is 4.62. The van der Waals surface area contributed by atoms with Gasteiger partial charge in [-0.3, -0.25) is 4.40 Å². The first-order valence-electron chi connectivity index (χ1n) is 7.25. The summed E-state index contributed by atoms with van der Waals surface area (Å²) < 4.78 is 7.82. The van der Waals surface area contributed by atoms with Crippen molar-refractivity contribution < 1.29 is 4.74 Å². The number of anilines is 1. The Morgan fingerprint density at radius 1 is 1.60 bits per heavy atom. The summed E-state index contributed by atoms with van der Waals surface area (Å²) in [5.74, 6) is 1.09. The number of hydrogen-bond donors (Lipinski definition) is 1. The van der Waals surface area contributed by atoms with E-state index >= 15 is 0 Å². The zero-order valence-corrected chi connectivity index (χ0v) is 12.9. The molecule has 20 heavy (non-hydrogen) atoms. The average molecular weight is 294 g/mol. The van der Waals surface area contributed by atoms with Crippen molar-refractivity contribution in [3.8, 4) is 0 Å². The minimum Gasteiger partial charge on any atom is -0.375 e. The second-order valence-electron chi connectivity index (χ2n) is 5.44. The van der Waals surface area contributed by atoms with Gasteiger partial charge in [-0.05, 0) is 13.3 Å². The van der Waals surface area contributed by atoms with Crippen LogP contribution < -0.4 is 10.6 Å². The first-order chi connectivity index (χ1) is 9.69. The third-order valence-electron chi connectivity index (χ3n) is 3.86. The molecule has 3 heterocycles. The summed E-state index contributed by atoms with van der Waals surface area (Å²) in [4.78, 5) is 8.21. The van der Waals surface area contributed by atoms with Crippen LogP contribution in [0.4, 0.5) is 5.82 Å². The molecule has 0 spiro atoms. The lowest BCUT2D eigenvalue weighted by Crippen LogP contribution is -2.42. The van der Waals surface area contributed by atoms with Gasteiger partial charge in [-0.1, -0.05) is 6.92 Å². The van der Waals surface area contributed by atoms with Crippen molar-refractivity contribution in [2.45, 2.75) is 38.8 Å². The maximum absolute atomic E-state index is 6.17. The van der Waals surface area contributed by atoms with E-state index < -0.39 is 0 Å². The molecule has 6 heteroatoms. The van der Waals surface area contributed by atoms with Gasteiger partial charge >= 0.3 is 0 Å². The van der Waals surface area contributed by atoms with Crippen molar-refractivity contribution in [1.82, 2.24) is 9.38 Å². The number of aromatic nitrogens is 2. The molecular weight excluding hydrogens is 272 g/mol. The van der Waals surface area contributed by atoms with Crippen LogP contribution in [0.5, 0.6) is 0 Å². The topological polar surface area (TPSA) is 55.8 Å². The highest BCUT2D eigenvalue weighted by atomic mass is 32.1. The van der Waals surface area contributed by atoms with Gasteiger partial charge in [0.05, 0.1) is 18.4 Å². The van der Waals surface area contributed by atoms with Crippen molar-refractivity contribution in [3.05, 3.63) is 17.3 Å². The van der Waals surface area contributed by atoms with E-state index in [-0.39, 0.29) is 12.1 Å². The fourth-order valence-electron chi connectivity index (χ4n) is 2.67. The van der Waals surface area contributed by atoms with Crippen LogP contribution in [0.25, 0.3) is 4.96 Å². The van der Waals surface area contributed by atoms with Gasteiger partial charge in [-0.25, -0.2) is 4.98 Å². The van der Waals surface area contributed by atoms with Gasteiger partial charge in [-0.15, -0.1) is 11.3 Å². The summed E-state index contributed by atoms with van der Waals surface area (Å²) in [6.45, 7) is 6.82. The Hall–Kier alpha value is -1.11. The molecule has 2 aromatic rings. The lowest BCUT2D eigenvalue weighted by atomic mass is 10.1. The van der Waals surface area contributed by atoms with Crippen LogP contribution in [-0.4, -0.2) is 41.2 Å². The molecule has 5 nitrogen and oxygen atoms in total. The molecule has 3 rings (SSSR count). The van der Waals surface area contributed by atoms with Crippen LogP contribution >= 0.6 is 11.3 Å². The molecule has 2 atom stereocenters. The largest absolute Gasteiger partial charge is 0.375 e. The summed E-state index contributed by atoms with van der Waals surface area (Å²) in [5, 5.41) is 2.08. The molecule has 2 unspecified atom stereocenters. The zero-order chi connectivity index (χ0) is 14.1. The summed E-state index contributed by atoms with van der Waals surface area (Å²) in [6.07, 6.45) is 4.21. The minimum absolute atomic E-state index is 0.187. The zero-order valence-electron chi connectivity index (χ0n) is 12.1. The third kappa shape index (κ3) is 2.55. The van der Waals surface area contributed by atoms with Crippen LogP contribution in [0.15, 0.2) is 11.6 Å². The lowest BCUT2D eigenvalue weighted by molar-refractivity contribution is 0.0529. The second kappa shape index (κ2) is 5.71. The summed E-state index contributed by atoms with van der Waals surface area (Å²) >= 11 is 1.67. The molecule has 2 N–H and O–H groups in total. The minimum atomic E-state index is 0.187. The Morgan fingerprint density at radius 2 is 2.45 bits per heavy atom. The number of fused-ring (bicyclic) bond motifs is 1. The monoisotopic (exact) mass is 294 g/mol. The average Bonchev–Trinajstić information content (AvgIpc) is 3.01. The van der Waals surface area contributed by atoms with Crippen molar-refractivity contribution in [3.63, 3.8) is 0 Å². The molecule has 0 radical (unpaired) electrons.